The van der Waals surface area contributed by atoms with E-state index in [2.05, 4.69) is 10.3 Å². The summed E-state index contributed by atoms with van der Waals surface area (Å²) in [5, 5.41) is 4.21. The van der Waals surface area contributed by atoms with Crippen molar-refractivity contribution in [3.05, 3.63) is 51.9 Å². The smallest absolute Gasteiger partial charge is 0.260 e. The van der Waals surface area contributed by atoms with Gasteiger partial charge < -0.3 is 34.1 Å². The van der Waals surface area contributed by atoms with E-state index in [4.69, 9.17) is 35.5 Å². The second-order valence-electron chi connectivity index (χ2n) is 10.9. The molecular weight excluding hydrogens is 576 g/mol. The summed E-state index contributed by atoms with van der Waals surface area (Å²) in [4.78, 5) is 39.3. The minimum absolute atomic E-state index is 0.0348. The predicted molar refractivity (Wildman–Crippen MR) is 164 cm³/mol. The Labute approximate surface area is 255 Å². The highest BCUT2D eigenvalue weighted by Crippen LogP contribution is 2.38. The van der Waals surface area contributed by atoms with E-state index in [1.807, 2.05) is 25.1 Å². The lowest BCUT2D eigenvalue weighted by atomic mass is 10.0. The van der Waals surface area contributed by atoms with Gasteiger partial charge in [-0.05, 0) is 26.2 Å². The minimum Gasteiger partial charge on any atom is -0.497 e. The minimum atomic E-state index is -0.290. The van der Waals surface area contributed by atoms with Crippen LogP contribution in [0.4, 0.5) is 5.95 Å². The zero-order valence-corrected chi connectivity index (χ0v) is 25.6. The number of halogens is 1. The highest BCUT2D eigenvalue weighted by atomic mass is 35.5. The third-order valence-electron chi connectivity index (χ3n) is 7.40. The normalized spacial score (nSPS) is 15.6. The Kier molecular flexibility index (Phi) is 9.81. The zero-order valence-electron chi connectivity index (χ0n) is 24.8. The van der Waals surface area contributed by atoms with Crippen molar-refractivity contribution in [3.63, 3.8) is 0 Å². The van der Waals surface area contributed by atoms with Crippen LogP contribution in [0, 0.1) is 5.92 Å². The van der Waals surface area contributed by atoms with Crippen molar-refractivity contribution in [2.45, 2.75) is 12.6 Å². The zero-order chi connectivity index (χ0) is 30.5. The van der Waals surface area contributed by atoms with Crippen LogP contribution < -0.4 is 20.3 Å². The predicted octanol–water partition coefficient (Wildman–Crippen LogP) is 2.53. The Bertz CT molecular complexity index is 1550. The van der Waals surface area contributed by atoms with Gasteiger partial charge in [0.1, 0.15) is 17.1 Å². The molecule has 1 aromatic carbocycles. The number of rotatable bonds is 13. The number of anilines is 1. The van der Waals surface area contributed by atoms with Crippen LogP contribution in [0.1, 0.15) is 0 Å². The van der Waals surface area contributed by atoms with Gasteiger partial charge in [0.05, 0.1) is 51.7 Å². The van der Waals surface area contributed by atoms with Gasteiger partial charge in [0.15, 0.2) is 0 Å². The summed E-state index contributed by atoms with van der Waals surface area (Å²) in [6.45, 7) is 4.27. The number of nitrogens with zero attached hydrogens (tertiary/aromatic N) is 5. The van der Waals surface area contributed by atoms with Crippen LogP contribution in [0.25, 0.3) is 22.2 Å². The highest BCUT2D eigenvalue weighted by Gasteiger charge is 2.30. The molecule has 1 amide bonds. The Hall–Kier alpha value is -3.71. The van der Waals surface area contributed by atoms with Gasteiger partial charge in [-0.25, -0.2) is 4.98 Å². The molecule has 2 fully saturated rings. The van der Waals surface area contributed by atoms with E-state index in [-0.39, 0.29) is 30.7 Å². The van der Waals surface area contributed by atoms with E-state index in [0.29, 0.717) is 89.9 Å². The van der Waals surface area contributed by atoms with Gasteiger partial charge in [-0.15, -0.1) is 0 Å². The number of likely N-dealkylation sites (N-methyl/N-ethyl adjacent to an activating group) is 1. The molecule has 2 aliphatic heterocycles. The molecular formula is C30H37ClN6O6. The van der Waals surface area contributed by atoms with Gasteiger partial charge in [0.25, 0.3) is 5.56 Å². The molecule has 0 atom stereocenters. The molecule has 0 aliphatic carbocycles. The Morgan fingerprint density at radius 2 is 1.98 bits per heavy atom. The van der Waals surface area contributed by atoms with Crippen LogP contribution >= 0.6 is 11.6 Å². The maximum Gasteiger partial charge on any atom is 0.260 e. The molecule has 2 aromatic heterocycles. The van der Waals surface area contributed by atoms with Crippen molar-refractivity contribution in [2.75, 3.05) is 79.6 Å². The van der Waals surface area contributed by atoms with Crippen LogP contribution in [0.15, 0.2) is 41.3 Å². The lowest BCUT2D eigenvalue weighted by Gasteiger charge is -2.38. The van der Waals surface area contributed by atoms with E-state index in [9.17, 15) is 9.59 Å². The third-order valence-corrected chi connectivity index (χ3v) is 7.79. The molecule has 5 rings (SSSR count). The van der Waals surface area contributed by atoms with E-state index < -0.39 is 0 Å². The van der Waals surface area contributed by atoms with Crippen LogP contribution in [0.3, 0.4) is 0 Å². The number of benzene rings is 1. The number of pyridine rings is 1. The molecule has 0 unspecified atom stereocenters. The second-order valence-corrected chi connectivity index (χ2v) is 11.2. The van der Waals surface area contributed by atoms with E-state index >= 15 is 0 Å². The summed E-state index contributed by atoms with van der Waals surface area (Å²) in [6, 6.07) is 5.11. The molecule has 12 nitrogen and oxygen atoms in total. The van der Waals surface area contributed by atoms with Crippen LogP contribution in [-0.4, -0.2) is 111 Å². The first-order chi connectivity index (χ1) is 20.8. The summed E-state index contributed by atoms with van der Waals surface area (Å²) in [5.41, 5.74) is 1.02. The number of methoxy groups -OCH3 is 2. The first kappa shape index (κ1) is 30.7. The molecule has 0 bridgehead atoms. The van der Waals surface area contributed by atoms with Gasteiger partial charge in [0, 0.05) is 66.9 Å². The first-order valence-corrected chi connectivity index (χ1v) is 14.5. The van der Waals surface area contributed by atoms with Crippen LogP contribution in [-0.2, 0) is 20.8 Å². The average molecular weight is 613 g/mol. The van der Waals surface area contributed by atoms with Gasteiger partial charge in [-0.2, -0.15) is 4.98 Å². The topological polar surface area (TPSA) is 120 Å². The highest BCUT2D eigenvalue weighted by molar-refractivity contribution is 6.35. The van der Waals surface area contributed by atoms with Crippen molar-refractivity contribution >= 4 is 34.5 Å². The summed E-state index contributed by atoms with van der Waals surface area (Å²) < 4.78 is 23.8. The van der Waals surface area contributed by atoms with Crippen molar-refractivity contribution in [1.29, 1.82) is 0 Å². The van der Waals surface area contributed by atoms with E-state index in [0.717, 1.165) is 0 Å². The summed E-state index contributed by atoms with van der Waals surface area (Å²) in [6.07, 6.45) is 5.02. The van der Waals surface area contributed by atoms with Crippen LogP contribution in [0.2, 0.25) is 5.02 Å². The Morgan fingerprint density at radius 3 is 2.65 bits per heavy atom. The molecule has 2 saturated heterocycles. The second kappa shape index (κ2) is 13.7. The molecule has 3 aromatic rings. The van der Waals surface area contributed by atoms with Gasteiger partial charge in [-0.1, -0.05) is 17.7 Å². The number of fused-ring (bicyclic) bond motifs is 1. The number of likely N-dealkylation sites (tertiary alicyclic amines) is 1. The first-order valence-electron chi connectivity index (χ1n) is 14.1. The van der Waals surface area contributed by atoms with Gasteiger partial charge in [0.2, 0.25) is 11.9 Å². The average Bonchev–Trinajstić information content (AvgIpc) is 2.94. The lowest BCUT2D eigenvalue weighted by Crippen LogP contribution is -2.54. The monoisotopic (exact) mass is 612 g/mol. The number of carbonyl (C=O) groups is 1. The van der Waals surface area contributed by atoms with Gasteiger partial charge >= 0.3 is 0 Å². The molecule has 230 valence electrons. The number of nitrogens with one attached hydrogen (secondary N) is 1. The molecule has 13 heteroatoms. The summed E-state index contributed by atoms with van der Waals surface area (Å²) in [7, 11) is 6.94. The fourth-order valence-corrected chi connectivity index (χ4v) is 5.11. The van der Waals surface area contributed by atoms with E-state index in [1.165, 1.54) is 14.2 Å². The number of amides is 1. The fourth-order valence-electron chi connectivity index (χ4n) is 4.82. The molecule has 0 saturated carbocycles. The number of aromatic nitrogens is 3. The lowest BCUT2D eigenvalue weighted by molar-refractivity contribution is -0.139. The van der Waals surface area contributed by atoms with Crippen LogP contribution in [0.5, 0.6) is 11.5 Å². The summed E-state index contributed by atoms with van der Waals surface area (Å²) >= 11 is 6.68. The standard InChI is InChI=1S/C30H37ClN6O6/c1-35(2)7-5-6-26(38)36-15-22(16-36)43-9-8-37-28-20(14-33-30(34-28)32-13-19-17-42-18-19)10-24(29(37)39)23-11-21(40-3)12-25(41-4)27(23)31/h5-6,10-12,14,19,22H,7-9,13,15-18H2,1-4H3,(H,32,33,34)/b6-5+. The number of hydrogen-bond donors (Lipinski definition) is 1. The van der Waals surface area contributed by atoms with E-state index in [1.54, 1.807) is 39.9 Å². The van der Waals surface area contributed by atoms with Crippen molar-refractivity contribution < 1.29 is 23.7 Å². The fraction of sp³-hybridized carbons (Fsp3) is 0.467. The molecule has 0 spiro atoms. The maximum atomic E-state index is 14.0. The SMILES string of the molecule is COc1cc(OC)c(Cl)c(-c2cc3cnc(NCC4COC4)nc3n(CCOC3CN(C(=O)/C=C/CN(C)C)C3)c2=O)c1. The number of ether oxygens (including phenoxy) is 4. The van der Waals surface area contributed by atoms with Gasteiger partial charge in [-0.3, -0.25) is 14.2 Å². The van der Waals surface area contributed by atoms with Crippen molar-refractivity contribution in [1.82, 2.24) is 24.3 Å². The Balaban J connectivity index is 1.38. The largest absolute Gasteiger partial charge is 0.497 e. The summed E-state index contributed by atoms with van der Waals surface area (Å²) in [5.74, 6) is 1.69. The van der Waals surface area contributed by atoms with Crippen molar-refractivity contribution in [3.8, 4) is 22.6 Å². The maximum absolute atomic E-state index is 14.0. The molecule has 4 heterocycles. The Morgan fingerprint density at radius 1 is 1.19 bits per heavy atom. The quantitative estimate of drug-likeness (QED) is 0.288. The van der Waals surface area contributed by atoms with Crippen molar-refractivity contribution in [2.24, 2.45) is 5.92 Å². The number of hydrogen-bond acceptors (Lipinski definition) is 10. The molecule has 0 radical (unpaired) electrons. The number of carbonyl (C=O) groups excluding carboxylic acids is 1. The molecule has 2 aliphatic rings. The third kappa shape index (κ3) is 7.10. The molecule has 43 heavy (non-hydrogen) atoms. The molecule has 1 N–H and O–H groups in total.